The van der Waals surface area contributed by atoms with Gasteiger partial charge in [-0.2, -0.15) is 0 Å². The summed E-state index contributed by atoms with van der Waals surface area (Å²) in [4.78, 5) is 9.15. The first-order valence-corrected chi connectivity index (χ1v) is 9.81. The first-order valence-electron chi connectivity index (χ1n) is 9.81. The van der Waals surface area contributed by atoms with E-state index in [2.05, 4.69) is 56.5 Å². The number of benzene rings is 1. The highest BCUT2D eigenvalue weighted by molar-refractivity contribution is 5.80. The SMILES string of the molecule is CN=C(NCc1ccc(N2CC=CC2)cc1)N1CCC(COCCOC)C1. The molecular weight excluding hydrogens is 340 g/mol. The lowest BCUT2D eigenvalue weighted by atomic mass is 10.1. The van der Waals surface area contributed by atoms with Crippen LogP contribution in [0.25, 0.3) is 0 Å². The number of likely N-dealkylation sites (tertiary alicyclic amines) is 1. The Morgan fingerprint density at radius 2 is 1.96 bits per heavy atom. The zero-order chi connectivity index (χ0) is 18.9. The van der Waals surface area contributed by atoms with Gasteiger partial charge in [0.25, 0.3) is 0 Å². The van der Waals surface area contributed by atoms with Gasteiger partial charge in [0.15, 0.2) is 5.96 Å². The monoisotopic (exact) mass is 372 g/mol. The molecule has 1 N–H and O–H groups in total. The van der Waals surface area contributed by atoms with Crippen molar-refractivity contribution in [2.24, 2.45) is 10.9 Å². The highest BCUT2D eigenvalue weighted by atomic mass is 16.5. The molecule has 2 heterocycles. The van der Waals surface area contributed by atoms with Gasteiger partial charge in [0.2, 0.25) is 0 Å². The molecule has 1 aromatic rings. The Kier molecular flexibility index (Phi) is 7.54. The molecule has 1 aromatic carbocycles. The summed E-state index contributed by atoms with van der Waals surface area (Å²) in [6, 6.07) is 8.81. The number of nitrogens with zero attached hydrogens (tertiary/aromatic N) is 3. The lowest BCUT2D eigenvalue weighted by Crippen LogP contribution is -2.39. The average Bonchev–Trinajstić information content (AvgIpc) is 3.39. The maximum Gasteiger partial charge on any atom is 0.193 e. The molecule has 6 nitrogen and oxygen atoms in total. The van der Waals surface area contributed by atoms with E-state index in [4.69, 9.17) is 9.47 Å². The Morgan fingerprint density at radius 3 is 2.67 bits per heavy atom. The normalized spacial score (nSPS) is 19.9. The molecule has 1 atom stereocenters. The third kappa shape index (κ3) is 5.71. The van der Waals surface area contributed by atoms with Crippen molar-refractivity contribution in [3.05, 3.63) is 42.0 Å². The number of anilines is 1. The van der Waals surface area contributed by atoms with E-state index in [-0.39, 0.29) is 0 Å². The summed E-state index contributed by atoms with van der Waals surface area (Å²) >= 11 is 0. The molecule has 3 rings (SSSR count). The van der Waals surface area contributed by atoms with Crippen molar-refractivity contribution in [3.63, 3.8) is 0 Å². The number of nitrogens with one attached hydrogen (secondary N) is 1. The second-order valence-electron chi connectivity index (χ2n) is 7.11. The van der Waals surface area contributed by atoms with Gasteiger partial charge in [-0.3, -0.25) is 4.99 Å². The van der Waals surface area contributed by atoms with Crippen LogP contribution in [-0.2, 0) is 16.0 Å². The van der Waals surface area contributed by atoms with Gasteiger partial charge < -0.3 is 24.6 Å². The quantitative estimate of drug-likeness (QED) is 0.328. The molecule has 2 aliphatic rings. The fourth-order valence-electron chi connectivity index (χ4n) is 3.58. The van der Waals surface area contributed by atoms with Crippen molar-refractivity contribution in [3.8, 4) is 0 Å². The molecule has 0 spiro atoms. The van der Waals surface area contributed by atoms with E-state index in [1.165, 1.54) is 11.3 Å². The molecule has 1 unspecified atom stereocenters. The number of ether oxygens (including phenoxy) is 2. The Morgan fingerprint density at radius 1 is 1.19 bits per heavy atom. The van der Waals surface area contributed by atoms with Crippen LogP contribution in [0.1, 0.15) is 12.0 Å². The number of hydrogen-bond donors (Lipinski definition) is 1. The fourth-order valence-corrected chi connectivity index (χ4v) is 3.58. The molecule has 0 saturated carbocycles. The van der Waals surface area contributed by atoms with Crippen LogP contribution < -0.4 is 10.2 Å². The van der Waals surface area contributed by atoms with Crippen molar-refractivity contribution < 1.29 is 9.47 Å². The number of methoxy groups -OCH3 is 1. The van der Waals surface area contributed by atoms with Crippen molar-refractivity contribution in [2.75, 3.05) is 65.1 Å². The largest absolute Gasteiger partial charge is 0.382 e. The van der Waals surface area contributed by atoms with Gasteiger partial charge in [-0.15, -0.1) is 0 Å². The van der Waals surface area contributed by atoms with Crippen LogP contribution in [0.3, 0.4) is 0 Å². The van der Waals surface area contributed by atoms with Crippen LogP contribution in [0, 0.1) is 5.92 Å². The summed E-state index contributed by atoms with van der Waals surface area (Å²) in [5, 5.41) is 3.50. The van der Waals surface area contributed by atoms with Gasteiger partial charge >= 0.3 is 0 Å². The van der Waals surface area contributed by atoms with E-state index in [1.807, 2.05) is 7.05 Å². The summed E-state index contributed by atoms with van der Waals surface area (Å²) in [6.45, 7) is 6.95. The third-order valence-corrected chi connectivity index (χ3v) is 5.15. The number of guanidine groups is 1. The molecule has 0 aromatic heterocycles. The van der Waals surface area contributed by atoms with E-state index in [0.29, 0.717) is 19.1 Å². The van der Waals surface area contributed by atoms with Gasteiger partial charge in [-0.25, -0.2) is 0 Å². The minimum Gasteiger partial charge on any atom is -0.382 e. The summed E-state index contributed by atoms with van der Waals surface area (Å²) in [5.74, 6) is 1.54. The van der Waals surface area contributed by atoms with Crippen LogP contribution >= 0.6 is 0 Å². The second-order valence-corrected chi connectivity index (χ2v) is 7.11. The number of aliphatic imine (C=N–C) groups is 1. The maximum atomic E-state index is 5.68. The second kappa shape index (κ2) is 10.3. The molecule has 0 aliphatic carbocycles. The lowest BCUT2D eigenvalue weighted by molar-refractivity contribution is 0.0536. The maximum absolute atomic E-state index is 5.68. The Bertz CT molecular complexity index is 622. The summed E-state index contributed by atoms with van der Waals surface area (Å²) in [6.07, 6.45) is 5.57. The first-order chi connectivity index (χ1) is 13.3. The molecule has 1 fully saturated rings. The van der Waals surface area contributed by atoms with Crippen LogP contribution in [0.5, 0.6) is 0 Å². The zero-order valence-electron chi connectivity index (χ0n) is 16.6. The Hall–Kier alpha value is -2.05. The highest BCUT2D eigenvalue weighted by Gasteiger charge is 2.24. The minimum atomic E-state index is 0.564. The predicted octanol–water partition coefficient (Wildman–Crippen LogP) is 2.12. The summed E-state index contributed by atoms with van der Waals surface area (Å²) < 4.78 is 10.7. The number of hydrogen-bond acceptors (Lipinski definition) is 4. The zero-order valence-corrected chi connectivity index (χ0v) is 16.6. The van der Waals surface area contributed by atoms with Gasteiger partial charge in [0, 0.05) is 58.5 Å². The minimum absolute atomic E-state index is 0.564. The van der Waals surface area contributed by atoms with Gasteiger partial charge in [0.05, 0.1) is 19.8 Å². The van der Waals surface area contributed by atoms with Crippen molar-refractivity contribution in [2.45, 2.75) is 13.0 Å². The van der Waals surface area contributed by atoms with E-state index < -0.39 is 0 Å². The summed E-state index contributed by atoms with van der Waals surface area (Å²) in [7, 11) is 3.56. The molecule has 1 saturated heterocycles. The van der Waals surface area contributed by atoms with E-state index in [0.717, 1.165) is 51.7 Å². The van der Waals surface area contributed by atoms with Gasteiger partial charge in [-0.05, 0) is 24.1 Å². The average molecular weight is 373 g/mol. The van der Waals surface area contributed by atoms with Crippen molar-refractivity contribution >= 4 is 11.6 Å². The first kappa shape index (κ1) is 19.7. The molecule has 2 aliphatic heterocycles. The van der Waals surface area contributed by atoms with E-state index in [9.17, 15) is 0 Å². The van der Waals surface area contributed by atoms with Crippen LogP contribution in [-0.4, -0.2) is 71.0 Å². The topological polar surface area (TPSA) is 49.3 Å². The van der Waals surface area contributed by atoms with Crippen LogP contribution in [0.4, 0.5) is 5.69 Å². The Labute approximate surface area is 162 Å². The van der Waals surface area contributed by atoms with Crippen LogP contribution in [0.15, 0.2) is 41.4 Å². The van der Waals surface area contributed by atoms with Gasteiger partial charge in [0.1, 0.15) is 0 Å². The lowest BCUT2D eigenvalue weighted by Gasteiger charge is -2.22. The molecule has 0 amide bonds. The fraction of sp³-hybridized carbons (Fsp3) is 0.571. The number of rotatable bonds is 8. The van der Waals surface area contributed by atoms with Crippen LogP contribution in [0.2, 0.25) is 0 Å². The predicted molar refractivity (Wildman–Crippen MR) is 110 cm³/mol. The molecule has 148 valence electrons. The standard InChI is InChI=1S/C21H32N4O2/c1-22-21(25-12-9-19(16-25)17-27-14-13-26-2)23-15-18-5-7-20(8-6-18)24-10-3-4-11-24/h3-8,19H,9-17H2,1-2H3,(H,22,23). The summed E-state index contributed by atoms with van der Waals surface area (Å²) in [5.41, 5.74) is 2.55. The third-order valence-electron chi connectivity index (χ3n) is 5.15. The highest BCUT2D eigenvalue weighted by Crippen LogP contribution is 2.19. The molecule has 0 radical (unpaired) electrons. The molecule has 27 heavy (non-hydrogen) atoms. The van der Waals surface area contributed by atoms with Crippen molar-refractivity contribution in [1.82, 2.24) is 10.2 Å². The smallest absolute Gasteiger partial charge is 0.193 e. The van der Waals surface area contributed by atoms with E-state index in [1.54, 1.807) is 7.11 Å². The van der Waals surface area contributed by atoms with E-state index >= 15 is 0 Å². The molecule has 0 bridgehead atoms. The molecular formula is C21H32N4O2. The van der Waals surface area contributed by atoms with Crippen molar-refractivity contribution in [1.29, 1.82) is 0 Å². The van der Waals surface area contributed by atoms with Gasteiger partial charge in [-0.1, -0.05) is 24.3 Å². The molecule has 6 heteroatoms. The Balaban J connectivity index is 1.42.